The lowest BCUT2D eigenvalue weighted by Crippen LogP contribution is -2.13. The van der Waals surface area contributed by atoms with Gasteiger partial charge < -0.3 is 4.74 Å². The van der Waals surface area contributed by atoms with Crippen molar-refractivity contribution >= 4 is 23.2 Å². The molecular weight excluding hydrogens is 322 g/mol. The Labute approximate surface area is 139 Å². The van der Waals surface area contributed by atoms with Gasteiger partial charge in [0, 0.05) is 23.1 Å². The predicted molar refractivity (Wildman–Crippen MR) is 87.3 cm³/mol. The molecule has 0 bridgehead atoms. The van der Waals surface area contributed by atoms with E-state index in [9.17, 15) is 4.39 Å². The molecule has 0 N–H and O–H groups in total. The smallest absolute Gasteiger partial charge is 0.131 e. The van der Waals surface area contributed by atoms with Crippen molar-refractivity contribution in [2.45, 2.75) is 31.8 Å². The first-order chi connectivity index (χ1) is 10.6. The van der Waals surface area contributed by atoms with Crippen LogP contribution in [0.3, 0.4) is 0 Å². The Balaban J connectivity index is 1.78. The second kappa shape index (κ2) is 5.43. The van der Waals surface area contributed by atoms with E-state index in [-0.39, 0.29) is 11.9 Å². The summed E-state index contributed by atoms with van der Waals surface area (Å²) in [4.78, 5) is 0. The fourth-order valence-electron chi connectivity index (χ4n) is 3.19. The maximum atomic E-state index is 14.0. The molecule has 2 aromatic rings. The van der Waals surface area contributed by atoms with Crippen LogP contribution in [0.4, 0.5) is 4.39 Å². The van der Waals surface area contributed by atoms with Crippen molar-refractivity contribution in [2.24, 2.45) is 5.92 Å². The Morgan fingerprint density at radius 2 is 1.86 bits per heavy atom. The van der Waals surface area contributed by atoms with E-state index in [2.05, 4.69) is 0 Å². The molecule has 1 atom stereocenters. The van der Waals surface area contributed by atoms with Crippen molar-refractivity contribution in [3.8, 4) is 16.9 Å². The van der Waals surface area contributed by atoms with Crippen molar-refractivity contribution in [2.75, 3.05) is 0 Å². The van der Waals surface area contributed by atoms with Crippen molar-refractivity contribution in [1.29, 1.82) is 0 Å². The topological polar surface area (TPSA) is 9.23 Å². The molecule has 1 unspecified atom stereocenters. The number of rotatable bonds is 3. The molecule has 22 heavy (non-hydrogen) atoms. The summed E-state index contributed by atoms with van der Waals surface area (Å²) in [7, 11) is 0. The number of benzene rings is 2. The molecule has 1 saturated carbocycles. The van der Waals surface area contributed by atoms with Crippen molar-refractivity contribution in [3.63, 3.8) is 0 Å². The summed E-state index contributed by atoms with van der Waals surface area (Å²) in [5.41, 5.74) is 2.22. The standard InChI is InChI=1S/C18H15Cl2FO/c19-15-2-1-3-16(20)17(15)14-9-12(21)7-11-8-13(22-18(11)14)6-10-4-5-10/h1-3,7,9-10,13H,4-6,8H2. The van der Waals surface area contributed by atoms with Crippen LogP contribution >= 0.6 is 23.2 Å². The van der Waals surface area contributed by atoms with Crippen molar-refractivity contribution in [3.05, 3.63) is 51.8 Å². The van der Waals surface area contributed by atoms with E-state index in [1.165, 1.54) is 18.9 Å². The SMILES string of the molecule is Fc1cc2c(c(-c3c(Cl)cccc3Cl)c1)OC(CC1CC1)C2. The summed E-state index contributed by atoms with van der Waals surface area (Å²) in [5.74, 6) is 1.24. The zero-order valence-corrected chi connectivity index (χ0v) is 13.4. The lowest BCUT2D eigenvalue weighted by atomic mass is 9.99. The largest absolute Gasteiger partial charge is 0.489 e. The summed E-state index contributed by atoms with van der Waals surface area (Å²) in [6, 6.07) is 8.33. The highest BCUT2D eigenvalue weighted by atomic mass is 35.5. The van der Waals surface area contributed by atoms with Crippen LogP contribution in [0.25, 0.3) is 11.1 Å². The van der Waals surface area contributed by atoms with Crippen LogP contribution in [-0.4, -0.2) is 6.10 Å². The number of fused-ring (bicyclic) bond motifs is 1. The minimum Gasteiger partial charge on any atom is -0.489 e. The minimum absolute atomic E-state index is 0.143. The Kier molecular flexibility index (Phi) is 3.54. The first-order valence-electron chi connectivity index (χ1n) is 7.55. The Morgan fingerprint density at radius 3 is 2.55 bits per heavy atom. The van der Waals surface area contributed by atoms with Gasteiger partial charge in [0.1, 0.15) is 17.7 Å². The third kappa shape index (κ3) is 2.59. The van der Waals surface area contributed by atoms with Crippen molar-refractivity contribution < 1.29 is 9.13 Å². The summed E-state index contributed by atoms with van der Waals surface area (Å²) >= 11 is 12.6. The van der Waals surface area contributed by atoms with Gasteiger partial charge in [-0.3, -0.25) is 0 Å². The fraction of sp³-hybridized carbons (Fsp3) is 0.333. The number of ether oxygens (including phenoxy) is 1. The molecule has 1 nitrogen and oxygen atoms in total. The monoisotopic (exact) mass is 336 g/mol. The molecular formula is C18H15Cl2FO. The van der Waals surface area contributed by atoms with Crippen LogP contribution in [0.1, 0.15) is 24.8 Å². The third-order valence-electron chi connectivity index (χ3n) is 4.39. The summed E-state index contributed by atoms with van der Waals surface area (Å²) < 4.78 is 20.2. The molecule has 0 spiro atoms. The summed E-state index contributed by atoms with van der Waals surface area (Å²) in [6.07, 6.45) is 4.52. The van der Waals surface area contributed by atoms with Gasteiger partial charge in [-0.05, 0) is 36.6 Å². The van der Waals surface area contributed by atoms with Gasteiger partial charge in [-0.1, -0.05) is 42.1 Å². The van der Waals surface area contributed by atoms with E-state index in [0.717, 1.165) is 30.1 Å². The van der Waals surface area contributed by atoms with Gasteiger partial charge >= 0.3 is 0 Å². The number of hydrogen-bond donors (Lipinski definition) is 0. The Hall–Kier alpha value is -1.25. The maximum absolute atomic E-state index is 14.0. The fourth-order valence-corrected chi connectivity index (χ4v) is 3.79. The van der Waals surface area contributed by atoms with Gasteiger partial charge in [0.25, 0.3) is 0 Å². The van der Waals surface area contributed by atoms with Crippen LogP contribution in [0.5, 0.6) is 5.75 Å². The predicted octanol–water partition coefficient (Wildman–Crippen LogP) is 5.90. The highest BCUT2D eigenvalue weighted by Crippen LogP contribution is 2.46. The second-order valence-corrected chi connectivity index (χ2v) is 6.98. The normalized spacial score (nSPS) is 19.9. The zero-order chi connectivity index (χ0) is 15.3. The molecule has 1 aliphatic carbocycles. The van der Waals surface area contributed by atoms with Gasteiger partial charge in [-0.15, -0.1) is 0 Å². The summed E-state index contributed by atoms with van der Waals surface area (Å²) in [5, 5.41) is 1.02. The van der Waals surface area contributed by atoms with Gasteiger partial charge in [0.15, 0.2) is 0 Å². The van der Waals surface area contributed by atoms with Crippen LogP contribution in [0.2, 0.25) is 10.0 Å². The Morgan fingerprint density at radius 1 is 1.14 bits per heavy atom. The molecule has 0 saturated heterocycles. The van der Waals surface area contributed by atoms with E-state index in [4.69, 9.17) is 27.9 Å². The lowest BCUT2D eigenvalue weighted by Gasteiger charge is -2.14. The highest BCUT2D eigenvalue weighted by molar-refractivity contribution is 6.39. The molecule has 1 aliphatic heterocycles. The number of halogens is 3. The van der Waals surface area contributed by atoms with Crippen LogP contribution in [-0.2, 0) is 6.42 Å². The average Bonchev–Trinajstić information content (AvgIpc) is 3.16. The van der Waals surface area contributed by atoms with Gasteiger partial charge in [-0.25, -0.2) is 4.39 Å². The lowest BCUT2D eigenvalue weighted by molar-refractivity contribution is 0.214. The summed E-state index contributed by atoms with van der Waals surface area (Å²) in [6.45, 7) is 0. The molecule has 2 aromatic carbocycles. The van der Waals surface area contributed by atoms with E-state index in [0.29, 0.717) is 21.2 Å². The molecule has 0 amide bonds. The van der Waals surface area contributed by atoms with E-state index >= 15 is 0 Å². The average molecular weight is 337 g/mol. The van der Waals surface area contributed by atoms with Crippen LogP contribution in [0.15, 0.2) is 30.3 Å². The van der Waals surface area contributed by atoms with E-state index in [1.807, 2.05) is 0 Å². The molecule has 0 aromatic heterocycles. The van der Waals surface area contributed by atoms with E-state index < -0.39 is 0 Å². The maximum Gasteiger partial charge on any atom is 0.131 e. The minimum atomic E-state index is -0.277. The quantitative estimate of drug-likeness (QED) is 0.677. The molecule has 4 rings (SSSR count). The zero-order valence-electron chi connectivity index (χ0n) is 11.9. The molecule has 4 heteroatoms. The second-order valence-electron chi connectivity index (χ2n) is 6.16. The molecule has 0 radical (unpaired) electrons. The molecule has 1 heterocycles. The highest BCUT2D eigenvalue weighted by Gasteiger charge is 2.33. The van der Waals surface area contributed by atoms with E-state index in [1.54, 1.807) is 24.3 Å². The van der Waals surface area contributed by atoms with Crippen LogP contribution < -0.4 is 4.74 Å². The number of hydrogen-bond acceptors (Lipinski definition) is 1. The molecule has 2 aliphatic rings. The van der Waals surface area contributed by atoms with Gasteiger partial charge in [0.2, 0.25) is 0 Å². The van der Waals surface area contributed by atoms with Gasteiger partial charge in [-0.2, -0.15) is 0 Å². The molecule has 1 fully saturated rings. The molecule has 114 valence electrons. The third-order valence-corrected chi connectivity index (χ3v) is 5.02. The van der Waals surface area contributed by atoms with Gasteiger partial charge in [0.05, 0.1) is 10.0 Å². The van der Waals surface area contributed by atoms with Crippen molar-refractivity contribution in [1.82, 2.24) is 0 Å². The Bertz CT molecular complexity index is 720. The first-order valence-corrected chi connectivity index (χ1v) is 8.31. The van der Waals surface area contributed by atoms with Crippen LogP contribution in [0, 0.1) is 11.7 Å². The first kappa shape index (κ1) is 14.3.